The molecule has 4 aliphatic carbocycles. The molecule has 0 spiro atoms. The van der Waals surface area contributed by atoms with Crippen molar-refractivity contribution in [3.63, 3.8) is 0 Å². The second-order valence-corrected chi connectivity index (χ2v) is 10.9. The van der Waals surface area contributed by atoms with Gasteiger partial charge < -0.3 is 9.47 Å². The van der Waals surface area contributed by atoms with Gasteiger partial charge in [0.1, 0.15) is 17.0 Å². The fourth-order valence-corrected chi connectivity index (χ4v) is 6.16. The Kier molecular flexibility index (Phi) is 5.24. The summed E-state index contributed by atoms with van der Waals surface area (Å²) in [7, 11) is 0. The Morgan fingerprint density at radius 1 is 1.07 bits per heavy atom. The molecule has 3 atom stereocenters. The first kappa shape index (κ1) is 20.8. The molecule has 1 aromatic carbocycles. The lowest BCUT2D eigenvalue weighted by atomic mass is 9.52. The van der Waals surface area contributed by atoms with Gasteiger partial charge in [0, 0.05) is 6.42 Å². The van der Waals surface area contributed by atoms with Crippen LogP contribution in [0.3, 0.4) is 0 Å². The molecular weight excluding hydrogens is 360 g/mol. The van der Waals surface area contributed by atoms with Crippen LogP contribution in [-0.4, -0.2) is 17.2 Å². The van der Waals surface area contributed by atoms with E-state index in [-0.39, 0.29) is 17.2 Å². The highest BCUT2D eigenvalue weighted by atomic mass is 16.6. The molecule has 0 N–H and O–H groups in total. The third-order valence-electron chi connectivity index (χ3n) is 8.10. The van der Waals surface area contributed by atoms with Crippen molar-refractivity contribution in [2.75, 3.05) is 0 Å². The molecule has 0 radical (unpaired) electrons. The van der Waals surface area contributed by atoms with E-state index in [0.29, 0.717) is 17.8 Å². The van der Waals surface area contributed by atoms with Crippen molar-refractivity contribution in [2.45, 2.75) is 103 Å². The summed E-state index contributed by atoms with van der Waals surface area (Å²) in [4.78, 5) is 12.9. The summed E-state index contributed by atoms with van der Waals surface area (Å²) in [6.07, 6.45) is 8.33. The molecule has 0 aromatic heterocycles. The van der Waals surface area contributed by atoms with E-state index in [2.05, 4.69) is 45.0 Å². The van der Waals surface area contributed by atoms with E-state index in [1.807, 2.05) is 13.8 Å². The van der Waals surface area contributed by atoms with Crippen LogP contribution in [0, 0.1) is 17.3 Å². The highest BCUT2D eigenvalue weighted by Gasteiger charge is 2.61. The van der Waals surface area contributed by atoms with Gasteiger partial charge in [-0.15, -0.1) is 0 Å². The first-order valence-electron chi connectivity index (χ1n) is 11.7. The average molecular weight is 399 g/mol. The molecule has 3 heteroatoms. The van der Waals surface area contributed by atoms with Crippen LogP contribution in [0.15, 0.2) is 24.3 Å². The number of carbonyl (C=O) groups is 1. The third-order valence-corrected chi connectivity index (χ3v) is 8.10. The summed E-state index contributed by atoms with van der Waals surface area (Å²) < 4.78 is 13.0. The molecule has 4 bridgehead atoms. The summed E-state index contributed by atoms with van der Waals surface area (Å²) in [5.41, 5.74) is 0.476. The minimum absolute atomic E-state index is 0.0324. The van der Waals surface area contributed by atoms with Crippen LogP contribution in [-0.2, 0) is 9.53 Å². The van der Waals surface area contributed by atoms with Gasteiger partial charge in [-0.1, -0.05) is 32.9 Å². The van der Waals surface area contributed by atoms with Crippen molar-refractivity contribution in [3.05, 3.63) is 29.8 Å². The van der Waals surface area contributed by atoms with Crippen molar-refractivity contribution in [1.29, 1.82) is 0 Å². The quantitative estimate of drug-likeness (QED) is 0.482. The standard InChI is InChI=1S/C26H38O3/c1-6-18(3)21-8-10-22(11-9-21)28-25-13-19-12-20(14-25)16-26(15-19,17-25)29-23(27)24(4,5)7-2/h8-11,18-20H,6-7,12-17H2,1-5H3. The fraction of sp³-hybridized carbons (Fsp3) is 0.731. The lowest BCUT2D eigenvalue weighted by Crippen LogP contribution is -2.63. The molecule has 4 aliphatic rings. The minimum atomic E-state index is -0.414. The summed E-state index contributed by atoms with van der Waals surface area (Å²) >= 11 is 0. The molecule has 4 fully saturated rings. The predicted octanol–water partition coefficient (Wildman–Crippen LogP) is 6.65. The van der Waals surface area contributed by atoms with E-state index in [4.69, 9.17) is 9.47 Å². The van der Waals surface area contributed by atoms with Gasteiger partial charge in [-0.2, -0.15) is 0 Å². The lowest BCUT2D eigenvalue weighted by Gasteiger charge is -2.60. The van der Waals surface area contributed by atoms with Gasteiger partial charge in [-0.3, -0.25) is 4.79 Å². The van der Waals surface area contributed by atoms with E-state index >= 15 is 0 Å². The maximum atomic E-state index is 12.9. The minimum Gasteiger partial charge on any atom is -0.487 e. The zero-order valence-electron chi connectivity index (χ0n) is 18.9. The third kappa shape index (κ3) is 3.94. The van der Waals surface area contributed by atoms with Crippen molar-refractivity contribution in [1.82, 2.24) is 0 Å². The van der Waals surface area contributed by atoms with Gasteiger partial charge >= 0.3 is 5.97 Å². The van der Waals surface area contributed by atoms with E-state index in [9.17, 15) is 4.79 Å². The molecule has 1 aromatic rings. The molecule has 4 saturated carbocycles. The Morgan fingerprint density at radius 2 is 1.66 bits per heavy atom. The van der Waals surface area contributed by atoms with Gasteiger partial charge in [0.2, 0.25) is 0 Å². The van der Waals surface area contributed by atoms with Crippen LogP contribution >= 0.6 is 0 Å². The Hall–Kier alpha value is -1.51. The van der Waals surface area contributed by atoms with E-state index in [1.54, 1.807) is 0 Å². The monoisotopic (exact) mass is 398 g/mol. The highest BCUT2D eigenvalue weighted by molar-refractivity contribution is 5.76. The first-order chi connectivity index (χ1) is 13.7. The lowest BCUT2D eigenvalue weighted by molar-refractivity contribution is -0.219. The zero-order chi connectivity index (χ0) is 20.9. The molecule has 29 heavy (non-hydrogen) atoms. The van der Waals surface area contributed by atoms with Gasteiger partial charge in [-0.05, 0) is 94.2 Å². The van der Waals surface area contributed by atoms with Crippen LogP contribution in [0.25, 0.3) is 0 Å². The van der Waals surface area contributed by atoms with Crippen molar-refractivity contribution in [3.8, 4) is 5.75 Å². The second kappa shape index (κ2) is 7.32. The van der Waals surface area contributed by atoms with Crippen LogP contribution in [0.4, 0.5) is 0 Å². The molecule has 5 rings (SSSR count). The van der Waals surface area contributed by atoms with Crippen LogP contribution in [0.1, 0.15) is 97.5 Å². The summed E-state index contributed by atoms with van der Waals surface area (Å²) in [6, 6.07) is 8.70. The van der Waals surface area contributed by atoms with Crippen molar-refractivity contribution < 1.29 is 14.3 Å². The summed E-state index contributed by atoms with van der Waals surface area (Å²) in [5.74, 6) is 2.75. The number of benzene rings is 1. The molecule has 3 unspecified atom stereocenters. The molecular formula is C26H38O3. The van der Waals surface area contributed by atoms with Gasteiger partial charge in [0.15, 0.2) is 0 Å². The maximum Gasteiger partial charge on any atom is 0.312 e. The molecule has 0 amide bonds. The summed E-state index contributed by atoms with van der Waals surface area (Å²) in [6.45, 7) is 10.6. The SMILES string of the molecule is CCC(C)c1ccc(OC23CC4CC(CC(OC(=O)C(C)(C)CC)(C4)C2)C3)cc1. The molecule has 0 aliphatic heterocycles. The highest BCUT2D eigenvalue weighted by Crippen LogP contribution is 2.60. The largest absolute Gasteiger partial charge is 0.487 e. The van der Waals surface area contributed by atoms with Crippen molar-refractivity contribution >= 4 is 5.97 Å². The zero-order valence-corrected chi connectivity index (χ0v) is 18.9. The van der Waals surface area contributed by atoms with Crippen LogP contribution < -0.4 is 4.74 Å². The number of hydrogen-bond acceptors (Lipinski definition) is 3. The molecule has 160 valence electrons. The van der Waals surface area contributed by atoms with Gasteiger partial charge in [0.05, 0.1) is 5.41 Å². The Bertz CT molecular complexity index is 734. The van der Waals surface area contributed by atoms with Crippen molar-refractivity contribution in [2.24, 2.45) is 17.3 Å². The molecule has 3 nitrogen and oxygen atoms in total. The smallest absolute Gasteiger partial charge is 0.312 e. The number of rotatable bonds is 7. The van der Waals surface area contributed by atoms with Crippen LogP contribution in [0.5, 0.6) is 5.75 Å². The number of carbonyl (C=O) groups excluding carboxylic acids is 1. The van der Waals surface area contributed by atoms with E-state index < -0.39 is 5.41 Å². The maximum absolute atomic E-state index is 12.9. The van der Waals surface area contributed by atoms with Gasteiger partial charge in [-0.25, -0.2) is 0 Å². The first-order valence-corrected chi connectivity index (χ1v) is 11.7. The van der Waals surface area contributed by atoms with E-state index in [1.165, 1.54) is 12.0 Å². The number of ether oxygens (including phenoxy) is 2. The van der Waals surface area contributed by atoms with Crippen LogP contribution in [0.2, 0.25) is 0 Å². The molecule has 0 saturated heterocycles. The Labute approximate surface area is 176 Å². The topological polar surface area (TPSA) is 35.5 Å². The second-order valence-electron chi connectivity index (χ2n) is 10.9. The van der Waals surface area contributed by atoms with Gasteiger partial charge in [0.25, 0.3) is 0 Å². The fourth-order valence-electron chi connectivity index (χ4n) is 6.16. The predicted molar refractivity (Wildman–Crippen MR) is 116 cm³/mol. The normalized spacial score (nSPS) is 34.1. The molecule has 0 heterocycles. The Balaban J connectivity index is 1.53. The number of hydrogen-bond donors (Lipinski definition) is 0. The summed E-state index contributed by atoms with van der Waals surface area (Å²) in [5, 5.41) is 0. The van der Waals surface area contributed by atoms with E-state index in [0.717, 1.165) is 50.7 Å². The average Bonchev–Trinajstić information content (AvgIpc) is 2.66. The Morgan fingerprint density at radius 3 is 2.21 bits per heavy atom. The number of esters is 1.